The maximum atomic E-state index is 5.53. The summed E-state index contributed by atoms with van der Waals surface area (Å²) in [7, 11) is 0. The molecule has 0 unspecified atom stereocenters. The van der Waals surface area contributed by atoms with Gasteiger partial charge in [0.25, 0.3) is 0 Å². The zero-order valence-corrected chi connectivity index (χ0v) is 17.9. The fourth-order valence-electron chi connectivity index (χ4n) is 2.61. The number of nitrogens with one attached hydrogen (secondary N) is 3. The minimum atomic E-state index is 0.446. The standard InChI is InChI=1S/C21H29N9O2/c22-6-11-31-13-14-32-12-10-25-19-28-20(26-15-17-4-8-23-9-5-17)30-21(29-19)27-16-18-3-1-2-7-24-18/h1-5,7-9H,6,10-16,22H2,(H3,25,26,27,28,29,30). The van der Waals surface area contributed by atoms with Gasteiger partial charge in [-0.3, -0.25) is 9.97 Å². The topological polar surface area (TPSA) is 145 Å². The predicted octanol–water partition coefficient (Wildman–Crippen LogP) is 1.29. The van der Waals surface area contributed by atoms with Crippen LogP contribution in [0.4, 0.5) is 17.8 Å². The van der Waals surface area contributed by atoms with E-state index in [0.717, 1.165) is 11.3 Å². The third kappa shape index (κ3) is 8.76. The van der Waals surface area contributed by atoms with E-state index in [1.165, 1.54) is 0 Å². The van der Waals surface area contributed by atoms with Crippen LogP contribution in [-0.4, -0.2) is 64.4 Å². The number of rotatable bonds is 15. The highest BCUT2D eigenvalue weighted by atomic mass is 16.5. The normalized spacial score (nSPS) is 10.7. The average molecular weight is 440 g/mol. The summed E-state index contributed by atoms with van der Waals surface area (Å²) in [6, 6.07) is 9.62. The average Bonchev–Trinajstić information content (AvgIpc) is 2.84. The maximum absolute atomic E-state index is 5.53. The van der Waals surface area contributed by atoms with Crippen LogP contribution in [0.3, 0.4) is 0 Å². The van der Waals surface area contributed by atoms with E-state index >= 15 is 0 Å². The van der Waals surface area contributed by atoms with Crippen LogP contribution in [0.15, 0.2) is 48.9 Å². The van der Waals surface area contributed by atoms with E-state index in [9.17, 15) is 0 Å². The molecule has 3 heterocycles. The lowest BCUT2D eigenvalue weighted by molar-refractivity contribution is 0.0547. The van der Waals surface area contributed by atoms with Crippen molar-refractivity contribution < 1.29 is 9.47 Å². The Morgan fingerprint density at radius 3 is 2.09 bits per heavy atom. The Morgan fingerprint density at radius 1 is 0.719 bits per heavy atom. The van der Waals surface area contributed by atoms with Crippen LogP contribution < -0.4 is 21.7 Å². The van der Waals surface area contributed by atoms with E-state index < -0.39 is 0 Å². The molecular formula is C21H29N9O2. The van der Waals surface area contributed by atoms with Crippen molar-refractivity contribution in [2.24, 2.45) is 5.73 Å². The van der Waals surface area contributed by atoms with Crippen molar-refractivity contribution in [3.63, 3.8) is 0 Å². The molecule has 11 heteroatoms. The summed E-state index contributed by atoms with van der Waals surface area (Å²) in [5, 5.41) is 9.59. The number of ether oxygens (including phenoxy) is 2. The van der Waals surface area contributed by atoms with E-state index in [4.69, 9.17) is 15.2 Å². The second kappa shape index (κ2) is 13.8. The first-order valence-corrected chi connectivity index (χ1v) is 10.5. The van der Waals surface area contributed by atoms with Gasteiger partial charge >= 0.3 is 0 Å². The van der Waals surface area contributed by atoms with Crippen LogP contribution in [0, 0.1) is 0 Å². The first kappa shape index (κ1) is 23.3. The molecule has 0 aliphatic carbocycles. The molecule has 3 aromatic rings. The van der Waals surface area contributed by atoms with Gasteiger partial charge in [0, 0.05) is 38.2 Å². The Hall–Kier alpha value is -3.41. The molecule has 0 radical (unpaired) electrons. The van der Waals surface area contributed by atoms with Crippen LogP contribution in [0.2, 0.25) is 0 Å². The number of nitrogens with two attached hydrogens (primary N) is 1. The molecule has 170 valence electrons. The van der Waals surface area contributed by atoms with Gasteiger partial charge < -0.3 is 31.2 Å². The van der Waals surface area contributed by atoms with Gasteiger partial charge in [-0.1, -0.05) is 6.07 Å². The summed E-state index contributed by atoms with van der Waals surface area (Å²) in [4.78, 5) is 21.7. The first-order valence-electron chi connectivity index (χ1n) is 10.5. The molecular weight excluding hydrogens is 410 g/mol. The van der Waals surface area contributed by atoms with Crippen molar-refractivity contribution in [3.8, 4) is 0 Å². The summed E-state index contributed by atoms with van der Waals surface area (Å²) in [5.74, 6) is 1.35. The Bertz CT molecular complexity index is 839. The zero-order valence-electron chi connectivity index (χ0n) is 17.9. The number of hydrogen-bond acceptors (Lipinski definition) is 11. The monoisotopic (exact) mass is 439 g/mol. The number of nitrogens with zero attached hydrogens (tertiary/aromatic N) is 5. The third-order valence-electron chi connectivity index (χ3n) is 4.15. The molecule has 0 aromatic carbocycles. The van der Waals surface area contributed by atoms with Crippen molar-refractivity contribution >= 4 is 17.8 Å². The van der Waals surface area contributed by atoms with E-state index in [2.05, 4.69) is 40.9 Å². The lowest BCUT2D eigenvalue weighted by atomic mass is 10.3. The molecule has 3 rings (SSSR count). The molecule has 32 heavy (non-hydrogen) atoms. The van der Waals surface area contributed by atoms with E-state index in [1.54, 1.807) is 18.6 Å². The summed E-state index contributed by atoms with van der Waals surface area (Å²) in [6.07, 6.45) is 5.25. The maximum Gasteiger partial charge on any atom is 0.229 e. The lowest BCUT2D eigenvalue weighted by Crippen LogP contribution is -2.17. The van der Waals surface area contributed by atoms with Crippen LogP contribution in [0.5, 0.6) is 0 Å². The number of aromatic nitrogens is 5. The highest BCUT2D eigenvalue weighted by Crippen LogP contribution is 2.11. The van der Waals surface area contributed by atoms with E-state index in [-0.39, 0.29) is 0 Å². The number of pyridine rings is 2. The van der Waals surface area contributed by atoms with Crippen molar-refractivity contribution in [2.75, 3.05) is 55.5 Å². The SMILES string of the molecule is NCCOCCOCCNc1nc(NCc2ccncc2)nc(NCc2ccccn2)n1. The first-order chi connectivity index (χ1) is 15.8. The second-order valence-corrected chi connectivity index (χ2v) is 6.63. The quantitative estimate of drug-likeness (QED) is 0.254. The molecule has 0 aliphatic heterocycles. The van der Waals surface area contributed by atoms with Crippen molar-refractivity contribution in [2.45, 2.75) is 13.1 Å². The fourth-order valence-corrected chi connectivity index (χ4v) is 2.61. The van der Waals surface area contributed by atoms with Gasteiger partial charge in [-0.25, -0.2) is 0 Å². The van der Waals surface area contributed by atoms with Gasteiger partial charge in [-0.2, -0.15) is 15.0 Å². The van der Waals surface area contributed by atoms with Gasteiger partial charge in [0.2, 0.25) is 17.8 Å². The molecule has 0 fully saturated rings. The van der Waals surface area contributed by atoms with Crippen molar-refractivity contribution in [1.29, 1.82) is 0 Å². The second-order valence-electron chi connectivity index (χ2n) is 6.63. The van der Waals surface area contributed by atoms with Crippen LogP contribution in [0.1, 0.15) is 11.3 Å². The van der Waals surface area contributed by atoms with E-state index in [0.29, 0.717) is 70.5 Å². The third-order valence-corrected chi connectivity index (χ3v) is 4.15. The number of hydrogen-bond donors (Lipinski definition) is 4. The van der Waals surface area contributed by atoms with Crippen LogP contribution >= 0.6 is 0 Å². The Morgan fingerprint density at radius 2 is 1.41 bits per heavy atom. The molecule has 0 amide bonds. The highest BCUT2D eigenvalue weighted by Gasteiger charge is 2.07. The Kier molecular flexibility index (Phi) is 10.0. The van der Waals surface area contributed by atoms with Crippen molar-refractivity contribution in [1.82, 2.24) is 24.9 Å². The highest BCUT2D eigenvalue weighted by molar-refractivity contribution is 5.42. The lowest BCUT2D eigenvalue weighted by Gasteiger charge is -2.11. The molecule has 5 N–H and O–H groups in total. The predicted molar refractivity (Wildman–Crippen MR) is 122 cm³/mol. The van der Waals surface area contributed by atoms with Gasteiger partial charge in [0.05, 0.1) is 38.7 Å². The molecule has 0 atom stereocenters. The Balaban J connectivity index is 1.55. The van der Waals surface area contributed by atoms with Crippen LogP contribution in [-0.2, 0) is 22.6 Å². The fraction of sp³-hybridized carbons (Fsp3) is 0.381. The summed E-state index contributed by atoms with van der Waals surface area (Å²) in [6.45, 7) is 4.18. The minimum Gasteiger partial charge on any atom is -0.378 e. The zero-order chi connectivity index (χ0) is 22.3. The molecule has 0 saturated carbocycles. The molecule has 0 spiro atoms. The summed E-state index contributed by atoms with van der Waals surface area (Å²) in [5.41, 5.74) is 7.34. The smallest absolute Gasteiger partial charge is 0.229 e. The number of anilines is 3. The molecule has 0 saturated heterocycles. The van der Waals surface area contributed by atoms with Crippen molar-refractivity contribution in [3.05, 3.63) is 60.2 Å². The van der Waals surface area contributed by atoms with Gasteiger partial charge in [0.1, 0.15) is 0 Å². The van der Waals surface area contributed by atoms with Crippen LogP contribution in [0.25, 0.3) is 0 Å². The Labute approximate surface area is 187 Å². The molecule has 11 nitrogen and oxygen atoms in total. The summed E-state index contributed by atoms with van der Waals surface area (Å²) < 4.78 is 10.8. The molecule has 3 aromatic heterocycles. The molecule has 0 bridgehead atoms. The van der Waals surface area contributed by atoms with Gasteiger partial charge in [-0.15, -0.1) is 0 Å². The van der Waals surface area contributed by atoms with E-state index in [1.807, 2.05) is 30.3 Å². The van der Waals surface area contributed by atoms with Gasteiger partial charge in [0.15, 0.2) is 0 Å². The minimum absolute atomic E-state index is 0.446. The summed E-state index contributed by atoms with van der Waals surface area (Å²) >= 11 is 0. The van der Waals surface area contributed by atoms with Gasteiger partial charge in [-0.05, 0) is 29.8 Å². The largest absolute Gasteiger partial charge is 0.378 e. The molecule has 0 aliphatic rings.